The van der Waals surface area contributed by atoms with Crippen LogP contribution in [0.5, 0.6) is 0 Å². The third-order valence-corrected chi connectivity index (χ3v) is 4.07. The van der Waals surface area contributed by atoms with Gasteiger partial charge in [-0.15, -0.1) is 0 Å². The molecule has 0 aromatic heterocycles. The zero-order valence-corrected chi connectivity index (χ0v) is 12.7. The van der Waals surface area contributed by atoms with Crippen LogP contribution in [0.3, 0.4) is 0 Å². The fourth-order valence-electron chi connectivity index (χ4n) is 1.57. The van der Waals surface area contributed by atoms with E-state index >= 15 is 0 Å². The summed E-state index contributed by atoms with van der Waals surface area (Å²) in [5.74, 6) is 6.65. The first-order valence-corrected chi connectivity index (χ1v) is 8.00. The topological polar surface area (TPSA) is 72.2 Å². The molecule has 0 fully saturated rings. The fraction of sp³-hybridized carbons (Fsp3) is 0.400. The molecule has 0 aliphatic carbocycles. The molecule has 4 nitrogen and oxygen atoms in total. The van der Waals surface area contributed by atoms with Crippen molar-refractivity contribution in [3.63, 3.8) is 0 Å². The van der Waals surface area contributed by atoms with Crippen molar-refractivity contribution >= 4 is 16.7 Å². The van der Waals surface area contributed by atoms with E-state index in [4.69, 9.17) is 5.73 Å². The van der Waals surface area contributed by atoms with Gasteiger partial charge in [-0.1, -0.05) is 24.8 Å². The minimum atomic E-state index is -0.863. The highest BCUT2D eigenvalue weighted by Crippen LogP contribution is 2.10. The smallest absolute Gasteiger partial charge is 0.251 e. The molecule has 0 saturated carbocycles. The summed E-state index contributed by atoms with van der Waals surface area (Å²) >= 11 is 0. The molecule has 1 rings (SSSR count). The summed E-state index contributed by atoms with van der Waals surface area (Å²) in [6.45, 7) is 4.50. The highest BCUT2D eigenvalue weighted by atomic mass is 32.2. The lowest BCUT2D eigenvalue weighted by molar-refractivity contribution is 0.0956. The van der Waals surface area contributed by atoms with Gasteiger partial charge < -0.3 is 11.1 Å². The van der Waals surface area contributed by atoms with E-state index in [1.165, 1.54) is 0 Å². The van der Waals surface area contributed by atoms with E-state index in [0.29, 0.717) is 30.2 Å². The molecule has 0 saturated heterocycles. The lowest BCUT2D eigenvalue weighted by atomic mass is 10.0. The molecule has 1 aromatic rings. The van der Waals surface area contributed by atoms with Crippen LogP contribution in [-0.2, 0) is 10.8 Å². The van der Waals surface area contributed by atoms with Crippen molar-refractivity contribution in [2.45, 2.75) is 13.8 Å². The Hall–Kier alpha value is -1.64. The van der Waals surface area contributed by atoms with Crippen molar-refractivity contribution in [1.82, 2.24) is 5.32 Å². The average molecular weight is 292 g/mol. The zero-order valence-electron chi connectivity index (χ0n) is 11.9. The Morgan fingerprint density at radius 2 is 2.20 bits per heavy atom. The number of hydrogen-bond acceptors (Lipinski definition) is 3. The van der Waals surface area contributed by atoms with E-state index in [2.05, 4.69) is 17.2 Å². The first kappa shape index (κ1) is 16.4. The molecule has 0 bridgehead atoms. The molecule has 108 valence electrons. The number of amides is 1. The van der Waals surface area contributed by atoms with Crippen LogP contribution in [-0.4, -0.2) is 34.7 Å². The summed E-state index contributed by atoms with van der Waals surface area (Å²) in [7, 11) is -0.863. The van der Waals surface area contributed by atoms with Gasteiger partial charge in [-0.25, -0.2) is 0 Å². The van der Waals surface area contributed by atoms with Gasteiger partial charge in [-0.2, -0.15) is 0 Å². The van der Waals surface area contributed by atoms with Crippen molar-refractivity contribution in [2.24, 2.45) is 5.73 Å². The second-order valence-corrected chi connectivity index (χ2v) is 6.09. The van der Waals surface area contributed by atoms with Crippen molar-refractivity contribution < 1.29 is 9.00 Å². The highest BCUT2D eigenvalue weighted by Gasteiger charge is 2.07. The molecule has 1 aromatic carbocycles. The van der Waals surface area contributed by atoms with Crippen LogP contribution in [0.4, 0.5) is 0 Å². The van der Waals surface area contributed by atoms with Gasteiger partial charge in [-0.3, -0.25) is 9.00 Å². The number of nitrogens with one attached hydrogen (secondary N) is 1. The van der Waals surface area contributed by atoms with E-state index in [0.717, 1.165) is 11.1 Å². The zero-order chi connectivity index (χ0) is 15.0. The molecule has 1 amide bonds. The molecule has 5 heteroatoms. The van der Waals surface area contributed by atoms with E-state index in [9.17, 15) is 9.00 Å². The van der Waals surface area contributed by atoms with Gasteiger partial charge in [0.15, 0.2) is 0 Å². The van der Waals surface area contributed by atoms with Gasteiger partial charge in [-0.05, 0) is 24.6 Å². The molecule has 1 unspecified atom stereocenters. The number of rotatable bonds is 5. The van der Waals surface area contributed by atoms with Crippen molar-refractivity contribution in [1.29, 1.82) is 0 Å². The Labute approximate surface area is 122 Å². The van der Waals surface area contributed by atoms with E-state index in [1.54, 1.807) is 12.1 Å². The highest BCUT2D eigenvalue weighted by molar-refractivity contribution is 7.84. The Morgan fingerprint density at radius 1 is 1.45 bits per heavy atom. The number of carbonyl (C=O) groups excluding carboxylic acids is 1. The molecule has 20 heavy (non-hydrogen) atoms. The second kappa shape index (κ2) is 8.51. The molecule has 0 spiro atoms. The third kappa shape index (κ3) is 5.16. The molecular weight excluding hydrogens is 272 g/mol. The largest absolute Gasteiger partial charge is 0.351 e. The molecular formula is C15H20N2O2S. The van der Waals surface area contributed by atoms with Crippen LogP contribution in [0.2, 0.25) is 0 Å². The monoisotopic (exact) mass is 292 g/mol. The van der Waals surface area contributed by atoms with Crippen LogP contribution in [0.15, 0.2) is 18.2 Å². The summed E-state index contributed by atoms with van der Waals surface area (Å²) in [6.07, 6.45) is 0. The number of benzene rings is 1. The van der Waals surface area contributed by atoms with Gasteiger partial charge in [0.25, 0.3) is 5.91 Å². The first-order valence-electron chi connectivity index (χ1n) is 6.51. The normalized spacial score (nSPS) is 11.3. The third-order valence-electron chi connectivity index (χ3n) is 2.76. The maximum absolute atomic E-state index is 12.0. The number of carbonyl (C=O) groups is 1. The Morgan fingerprint density at radius 3 is 2.85 bits per heavy atom. The van der Waals surface area contributed by atoms with Crippen LogP contribution >= 0.6 is 0 Å². The van der Waals surface area contributed by atoms with Gasteiger partial charge >= 0.3 is 0 Å². The lowest BCUT2D eigenvalue weighted by Crippen LogP contribution is -2.28. The van der Waals surface area contributed by atoms with Gasteiger partial charge in [0.2, 0.25) is 0 Å². The average Bonchev–Trinajstić information content (AvgIpc) is 2.46. The summed E-state index contributed by atoms with van der Waals surface area (Å²) in [6, 6.07) is 5.37. The number of nitrogens with two attached hydrogens (primary N) is 1. The Kier molecular flexibility index (Phi) is 6.99. The van der Waals surface area contributed by atoms with Crippen molar-refractivity contribution in [3.8, 4) is 11.8 Å². The summed E-state index contributed by atoms with van der Waals surface area (Å²) in [5, 5.41) is 2.76. The molecule has 0 aliphatic rings. The molecule has 0 radical (unpaired) electrons. The van der Waals surface area contributed by atoms with E-state index in [1.807, 2.05) is 19.9 Å². The lowest BCUT2D eigenvalue weighted by Gasteiger charge is -2.06. The molecule has 0 aliphatic heterocycles. The maximum Gasteiger partial charge on any atom is 0.251 e. The summed E-state index contributed by atoms with van der Waals surface area (Å²) in [4.78, 5) is 12.0. The number of aryl methyl sites for hydroxylation is 1. The standard InChI is InChI=1S/C15H20N2O2S/c1-3-20(19)10-9-17-15(18)14-7-6-12(2)13(11-14)5-4-8-16/h6-7,11H,3,8-10,16H2,1-2H3,(H,17,18). The Balaban J connectivity index is 2.71. The van der Waals surface area contributed by atoms with Crippen molar-refractivity contribution in [2.75, 3.05) is 24.6 Å². The van der Waals surface area contributed by atoms with Crippen LogP contribution in [0, 0.1) is 18.8 Å². The van der Waals surface area contributed by atoms with Gasteiger partial charge in [0, 0.05) is 40.0 Å². The summed E-state index contributed by atoms with van der Waals surface area (Å²) in [5.41, 5.74) is 7.72. The molecule has 3 N–H and O–H groups in total. The maximum atomic E-state index is 12.0. The van der Waals surface area contributed by atoms with Gasteiger partial charge in [0.05, 0.1) is 6.54 Å². The minimum absolute atomic E-state index is 0.172. The van der Waals surface area contributed by atoms with Crippen LogP contribution in [0.25, 0.3) is 0 Å². The van der Waals surface area contributed by atoms with Crippen LogP contribution in [0.1, 0.15) is 28.4 Å². The summed E-state index contributed by atoms with van der Waals surface area (Å²) < 4.78 is 11.3. The second-order valence-electron chi connectivity index (χ2n) is 4.22. The Bertz CT molecular complexity index is 559. The van der Waals surface area contributed by atoms with E-state index < -0.39 is 10.8 Å². The van der Waals surface area contributed by atoms with Crippen molar-refractivity contribution in [3.05, 3.63) is 34.9 Å². The van der Waals surface area contributed by atoms with E-state index in [-0.39, 0.29) is 5.91 Å². The minimum Gasteiger partial charge on any atom is -0.351 e. The molecule has 0 heterocycles. The first-order chi connectivity index (χ1) is 9.58. The predicted molar refractivity (Wildman–Crippen MR) is 83.0 cm³/mol. The molecule has 1 atom stereocenters. The fourth-order valence-corrected chi connectivity index (χ4v) is 2.19. The number of hydrogen-bond donors (Lipinski definition) is 2. The SMILES string of the molecule is CCS(=O)CCNC(=O)c1ccc(C)c(C#CCN)c1. The quantitative estimate of drug-likeness (QED) is 0.789. The predicted octanol–water partition coefficient (Wildman–Crippen LogP) is 0.804. The van der Waals surface area contributed by atoms with Gasteiger partial charge in [0.1, 0.15) is 0 Å². The van der Waals surface area contributed by atoms with Crippen LogP contribution < -0.4 is 11.1 Å².